The van der Waals surface area contributed by atoms with E-state index in [2.05, 4.69) is 18.7 Å². The number of benzene rings is 1. The van der Waals surface area contributed by atoms with Crippen molar-refractivity contribution in [2.75, 3.05) is 13.1 Å². The highest BCUT2D eigenvalue weighted by Gasteiger charge is 2.49. The van der Waals surface area contributed by atoms with Crippen molar-refractivity contribution in [1.29, 1.82) is 0 Å². The number of likely N-dealkylation sites (tertiary alicyclic amines) is 1. The van der Waals surface area contributed by atoms with Crippen molar-refractivity contribution in [2.24, 2.45) is 5.41 Å². The molecule has 1 saturated heterocycles. The molecular weight excluding hydrogens is 286 g/mol. The van der Waals surface area contributed by atoms with Crippen molar-refractivity contribution in [3.63, 3.8) is 0 Å². The van der Waals surface area contributed by atoms with Crippen molar-refractivity contribution < 1.29 is 9.53 Å². The summed E-state index contributed by atoms with van der Waals surface area (Å²) in [4.78, 5) is 15.1. The fraction of sp³-hybridized carbons (Fsp3) is 0.650. The highest BCUT2D eigenvalue weighted by molar-refractivity contribution is 5.89. The molecule has 3 atom stereocenters. The van der Waals surface area contributed by atoms with Crippen LogP contribution in [-0.2, 0) is 4.74 Å². The Hall–Kier alpha value is -1.35. The summed E-state index contributed by atoms with van der Waals surface area (Å²) in [6.45, 7) is 6.97. The maximum absolute atomic E-state index is 12.5. The van der Waals surface area contributed by atoms with E-state index in [0.717, 1.165) is 12.8 Å². The monoisotopic (exact) mass is 315 g/mol. The molecule has 0 amide bonds. The number of hydrogen-bond donors (Lipinski definition) is 0. The Balaban J connectivity index is 1.75. The second-order valence-electron chi connectivity index (χ2n) is 7.35. The first-order valence-electron chi connectivity index (χ1n) is 9.15. The van der Waals surface area contributed by atoms with Gasteiger partial charge in [-0.15, -0.1) is 0 Å². The van der Waals surface area contributed by atoms with Crippen molar-refractivity contribution >= 4 is 5.97 Å². The average molecular weight is 315 g/mol. The van der Waals surface area contributed by atoms with E-state index in [4.69, 9.17) is 4.74 Å². The van der Waals surface area contributed by atoms with E-state index >= 15 is 0 Å². The van der Waals surface area contributed by atoms with E-state index in [1.54, 1.807) is 0 Å². The van der Waals surface area contributed by atoms with E-state index in [1.807, 2.05) is 30.3 Å². The minimum absolute atomic E-state index is 0.0496. The SMILES string of the molecule is CCCN1CCC[C@@]2(C)[C@@H]1CCC[C@H]2OC(=O)c1ccccc1. The molecule has 1 heterocycles. The third kappa shape index (κ3) is 3.30. The Labute approximate surface area is 140 Å². The van der Waals surface area contributed by atoms with Crippen molar-refractivity contribution in [3.05, 3.63) is 35.9 Å². The molecule has 1 saturated carbocycles. The number of carbonyl (C=O) groups excluding carboxylic acids is 1. The predicted molar refractivity (Wildman–Crippen MR) is 92.5 cm³/mol. The van der Waals surface area contributed by atoms with E-state index in [-0.39, 0.29) is 17.5 Å². The Kier molecular flexibility index (Phi) is 5.05. The summed E-state index contributed by atoms with van der Waals surface area (Å²) >= 11 is 0. The van der Waals surface area contributed by atoms with Gasteiger partial charge in [0.15, 0.2) is 0 Å². The third-order valence-corrected chi connectivity index (χ3v) is 5.81. The normalized spacial score (nSPS) is 31.4. The topological polar surface area (TPSA) is 29.5 Å². The van der Waals surface area contributed by atoms with E-state index in [9.17, 15) is 4.79 Å². The molecule has 3 nitrogen and oxygen atoms in total. The van der Waals surface area contributed by atoms with Crippen LogP contribution in [0, 0.1) is 5.41 Å². The summed E-state index contributed by atoms with van der Waals surface area (Å²) in [5, 5.41) is 0. The van der Waals surface area contributed by atoms with Crippen LogP contribution in [0.15, 0.2) is 30.3 Å². The highest BCUT2D eigenvalue weighted by Crippen LogP contribution is 2.47. The fourth-order valence-corrected chi connectivity index (χ4v) is 4.64. The van der Waals surface area contributed by atoms with Gasteiger partial charge in [-0.3, -0.25) is 4.90 Å². The largest absolute Gasteiger partial charge is 0.458 e. The van der Waals surface area contributed by atoms with Crippen LogP contribution in [0.1, 0.15) is 62.7 Å². The van der Waals surface area contributed by atoms with Gasteiger partial charge in [0, 0.05) is 11.5 Å². The molecule has 23 heavy (non-hydrogen) atoms. The molecule has 1 aromatic carbocycles. The summed E-state index contributed by atoms with van der Waals surface area (Å²) in [7, 11) is 0. The highest BCUT2D eigenvalue weighted by atomic mass is 16.5. The van der Waals surface area contributed by atoms with Crippen LogP contribution in [0.2, 0.25) is 0 Å². The minimum Gasteiger partial charge on any atom is -0.458 e. The van der Waals surface area contributed by atoms with Crippen LogP contribution in [-0.4, -0.2) is 36.1 Å². The first kappa shape index (κ1) is 16.5. The van der Waals surface area contributed by atoms with Gasteiger partial charge in [-0.25, -0.2) is 4.79 Å². The zero-order chi connectivity index (χ0) is 16.3. The summed E-state index contributed by atoms with van der Waals surface area (Å²) in [6, 6.07) is 9.97. The minimum atomic E-state index is -0.162. The molecule has 2 aliphatic rings. The molecule has 126 valence electrons. The van der Waals surface area contributed by atoms with Crippen LogP contribution in [0.3, 0.4) is 0 Å². The van der Waals surface area contributed by atoms with Crippen LogP contribution < -0.4 is 0 Å². The van der Waals surface area contributed by atoms with Crippen LogP contribution in [0.4, 0.5) is 0 Å². The number of ether oxygens (including phenoxy) is 1. The van der Waals surface area contributed by atoms with E-state index in [1.165, 1.54) is 38.8 Å². The molecule has 1 aliphatic carbocycles. The molecular formula is C20H29NO2. The molecule has 0 bridgehead atoms. The van der Waals surface area contributed by atoms with Gasteiger partial charge < -0.3 is 4.74 Å². The van der Waals surface area contributed by atoms with E-state index in [0.29, 0.717) is 11.6 Å². The number of esters is 1. The molecule has 3 heteroatoms. The molecule has 0 radical (unpaired) electrons. The smallest absolute Gasteiger partial charge is 0.338 e. The number of rotatable bonds is 4. The number of fused-ring (bicyclic) bond motifs is 1. The standard InChI is InChI=1S/C20H29NO2/c1-3-14-21-15-8-13-20(2)17(21)11-7-12-18(20)23-19(22)16-9-5-4-6-10-16/h4-6,9-10,17-18H,3,7-8,11-15H2,1-2H3/t17-,18+,20-/m0/s1. The van der Waals surface area contributed by atoms with Gasteiger partial charge in [0.1, 0.15) is 6.10 Å². The first-order chi connectivity index (χ1) is 11.1. The molecule has 2 fully saturated rings. The quantitative estimate of drug-likeness (QED) is 0.777. The molecule has 1 aliphatic heterocycles. The van der Waals surface area contributed by atoms with Crippen molar-refractivity contribution in [2.45, 2.75) is 64.5 Å². The van der Waals surface area contributed by atoms with Crippen LogP contribution in [0.5, 0.6) is 0 Å². The molecule has 0 unspecified atom stereocenters. The molecule has 3 rings (SSSR count). The Morgan fingerprint density at radius 3 is 2.78 bits per heavy atom. The maximum atomic E-state index is 12.5. The molecule has 0 N–H and O–H groups in total. The molecule has 1 aromatic rings. The Morgan fingerprint density at radius 2 is 2.04 bits per heavy atom. The van der Waals surface area contributed by atoms with Crippen molar-refractivity contribution in [1.82, 2.24) is 4.90 Å². The Bertz CT molecular complexity index is 528. The number of nitrogens with zero attached hydrogens (tertiary/aromatic N) is 1. The lowest BCUT2D eigenvalue weighted by atomic mass is 9.64. The van der Waals surface area contributed by atoms with Crippen molar-refractivity contribution in [3.8, 4) is 0 Å². The zero-order valence-electron chi connectivity index (χ0n) is 14.5. The van der Waals surface area contributed by atoms with Crippen LogP contribution >= 0.6 is 0 Å². The van der Waals surface area contributed by atoms with E-state index < -0.39 is 0 Å². The average Bonchev–Trinajstić information content (AvgIpc) is 2.57. The predicted octanol–water partition coefficient (Wildman–Crippen LogP) is 4.28. The fourth-order valence-electron chi connectivity index (χ4n) is 4.64. The van der Waals surface area contributed by atoms with Gasteiger partial charge in [-0.1, -0.05) is 32.0 Å². The zero-order valence-corrected chi connectivity index (χ0v) is 14.5. The number of piperidine rings is 1. The first-order valence-corrected chi connectivity index (χ1v) is 9.15. The summed E-state index contributed by atoms with van der Waals surface area (Å²) in [5.74, 6) is -0.162. The van der Waals surface area contributed by atoms with Gasteiger partial charge in [0.2, 0.25) is 0 Å². The number of carbonyl (C=O) groups is 1. The maximum Gasteiger partial charge on any atom is 0.338 e. The van der Waals surface area contributed by atoms with Crippen LogP contribution in [0.25, 0.3) is 0 Å². The van der Waals surface area contributed by atoms with Gasteiger partial charge in [-0.05, 0) is 63.7 Å². The molecule has 0 aromatic heterocycles. The lowest BCUT2D eigenvalue weighted by Crippen LogP contribution is -2.58. The second kappa shape index (κ2) is 7.04. The number of hydrogen-bond acceptors (Lipinski definition) is 3. The van der Waals surface area contributed by atoms with Gasteiger partial charge in [-0.2, -0.15) is 0 Å². The summed E-state index contributed by atoms with van der Waals surface area (Å²) in [6.07, 6.45) is 7.04. The Morgan fingerprint density at radius 1 is 1.26 bits per heavy atom. The third-order valence-electron chi connectivity index (χ3n) is 5.81. The lowest BCUT2D eigenvalue weighted by molar-refractivity contribution is -0.101. The summed E-state index contributed by atoms with van der Waals surface area (Å²) in [5.41, 5.74) is 0.773. The van der Waals surface area contributed by atoms with Gasteiger partial charge in [0.05, 0.1) is 5.56 Å². The molecule has 0 spiro atoms. The van der Waals surface area contributed by atoms with Gasteiger partial charge in [0.25, 0.3) is 0 Å². The lowest BCUT2D eigenvalue weighted by Gasteiger charge is -2.54. The summed E-state index contributed by atoms with van der Waals surface area (Å²) < 4.78 is 6.01. The van der Waals surface area contributed by atoms with Gasteiger partial charge >= 0.3 is 5.97 Å². The second-order valence-corrected chi connectivity index (χ2v) is 7.35.